The van der Waals surface area contributed by atoms with Crippen LogP contribution in [0, 0.1) is 0 Å². The van der Waals surface area contributed by atoms with Crippen molar-refractivity contribution >= 4 is 71.1 Å². The van der Waals surface area contributed by atoms with E-state index in [0.29, 0.717) is 0 Å². The molecule has 0 fully saturated rings. The van der Waals surface area contributed by atoms with E-state index in [-0.39, 0.29) is 18.1 Å². The molecule has 0 radical (unpaired) electrons. The minimum Gasteiger partial charge on any atom is -0.481 e. The van der Waals surface area contributed by atoms with Crippen molar-refractivity contribution in [2.24, 2.45) is 0 Å². The van der Waals surface area contributed by atoms with E-state index in [1.807, 2.05) is 0 Å². The molecule has 9 aromatic carbocycles. The largest absolute Gasteiger partial charge is 0.481 e. The summed E-state index contributed by atoms with van der Waals surface area (Å²) < 4.78 is 18.7. The van der Waals surface area contributed by atoms with E-state index in [4.69, 9.17) is 9.15 Å². The zero-order valence-electron chi connectivity index (χ0n) is 38.2. The van der Waals surface area contributed by atoms with Crippen molar-refractivity contribution in [2.75, 3.05) is 0 Å². The Morgan fingerprint density at radius 3 is 1.66 bits per heavy atom. The molecular formula is C66H44N2O2. The van der Waals surface area contributed by atoms with Gasteiger partial charge in [-0.2, -0.15) is 0 Å². The molecule has 3 aliphatic rings. The molecular weight excluding hydrogens is 853 g/mol. The lowest BCUT2D eigenvalue weighted by Gasteiger charge is -2.20. The Balaban J connectivity index is 0.786. The number of rotatable bonds is 6. The molecule has 15 rings (SSSR count). The highest BCUT2D eigenvalue weighted by molar-refractivity contribution is 6.13. The zero-order valence-corrected chi connectivity index (χ0v) is 38.2. The Morgan fingerprint density at radius 2 is 1.00 bits per heavy atom. The summed E-state index contributed by atoms with van der Waals surface area (Å²) in [5.74, 6) is 0.947. The van der Waals surface area contributed by atoms with Gasteiger partial charge in [0.15, 0.2) is 11.3 Å². The molecule has 3 atom stereocenters. The molecule has 330 valence electrons. The van der Waals surface area contributed by atoms with Crippen LogP contribution in [0.15, 0.2) is 241 Å². The molecule has 3 aromatic heterocycles. The van der Waals surface area contributed by atoms with Crippen LogP contribution in [0.4, 0.5) is 0 Å². The molecule has 70 heavy (non-hydrogen) atoms. The first-order valence-electron chi connectivity index (χ1n) is 24.4. The molecule has 0 saturated heterocycles. The third-order valence-electron chi connectivity index (χ3n) is 15.2. The Hall–Kier alpha value is -8.86. The Morgan fingerprint density at radius 1 is 0.443 bits per heavy atom. The number of nitrogens with zero attached hydrogens (tertiary/aromatic N) is 2. The van der Waals surface area contributed by atoms with Gasteiger partial charge in [-0.25, -0.2) is 0 Å². The Bertz CT molecular complexity index is 4240. The molecule has 0 N–H and O–H groups in total. The molecule has 0 saturated carbocycles. The van der Waals surface area contributed by atoms with Crippen molar-refractivity contribution < 1.29 is 9.15 Å². The van der Waals surface area contributed by atoms with Gasteiger partial charge in [0.2, 0.25) is 0 Å². The molecule has 0 spiro atoms. The predicted molar refractivity (Wildman–Crippen MR) is 290 cm³/mol. The summed E-state index contributed by atoms with van der Waals surface area (Å²) in [6.45, 7) is 0. The Kier molecular flexibility index (Phi) is 8.58. The number of aromatic nitrogens is 2. The fourth-order valence-corrected chi connectivity index (χ4v) is 11.8. The minimum absolute atomic E-state index is 0.101. The van der Waals surface area contributed by atoms with Crippen molar-refractivity contribution in [1.29, 1.82) is 0 Å². The first-order chi connectivity index (χ1) is 34.7. The normalized spacial score (nSPS) is 17.3. The summed E-state index contributed by atoms with van der Waals surface area (Å²) in [6, 6.07) is 71.0. The Labute approximate surface area is 404 Å². The maximum atomic E-state index is 6.95. The summed E-state index contributed by atoms with van der Waals surface area (Å²) in [7, 11) is 0. The first kappa shape index (κ1) is 39.2. The summed E-state index contributed by atoms with van der Waals surface area (Å²) in [6.07, 6.45) is 16.7. The molecule has 2 aliphatic carbocycles. The summed E-state index contributed by atoms with van der Waals surface area (Å²) in [5.41, 5.74) is 18.3. The number of fused-ring (bicyclic) bond motifs is 13. The number of para-hydroxylation sites is 1. The van der Waals surface area contributed by atoms with Gasteiger partial charge >= 0.3 is 0 Å². The molecule has 4 heterocycles. The highest BCUT2D eigenvalue weighted by atomic mass is 16.5. The number of ether oxygens (including phenoxy) is 1. The molecule has 4 heteroatoms. The van der Waals surface area contributed by atoms with Crippen molar-refractivity contribution in [3.05, 3.63) is 248 Å². The van der Waals surface area contributed by atoms with Gasteiger partial charge in [-0.15, -0.1) is 0 Å². The number of furan rings is 1. The van der Waals surface area contributed by atoms with Gasteiger partial charge in [0.25, 0.3) is 0 Å². The van der Waals surface area contributed by atoms with Gasteiger partial charge < -0.3 is 18.3 Å². The standard InChI is InChI=1S/C66H44N2O2/c1-5-13-41(14-6-1)43-23-31-59-55(35-43)57-37-45(25-33-61(57)67(59)49-17-9-3-10-18-49)47-21-27-51-53-29-30-54-52-28-22-48(40-64(52)70-66(54)65(53)69-63(51)39-47)46-26-34-62-58(38-46)56-36-44(42-15-7-2-8-16-42)24-32-60(56)68(62)50-19-11-4-12-20-50/h1-19,21-40,50,52,64H,20H2. The van der Waals surface area contributed by atoms with E-state index < -0.39 is 0 Å². The predicted octanol–water partition coefficient (Wildman–Crippen LogP) is 17.3. The van der Waals surface area contributed by atoms with E-state index in [1.54, 1.807) is 0 Å². The molecule has 3 unspecified atom stereocenters. The van der Waals surface area contributed by atoms with E-state index in [2.05, 4.69) is 246 Å². The molecule has 0 bridgehead atoms. The van der Waals surface area contributed by atoms with Crippen molar-refractivity contribution in [3.8, 4) is 44.8 Å². The number of allylic oxidation sites excluding steroid dienone is 6. The summed E-state index contributed by atoms with van der Waals surface area (Å²) >= 11 is 0. The summed E-state index contributed by atoms with van der Waals surface area (Å²) in [4.78, 5) is 0. The topological polar surface area (TPSA) is 32.2 Å². The second kappa shape index (κ2) is 15.3. The van der Waals surface area contributed by atoms with Crippen LogP contribution < -0.4 is 4.74 Å². The van der Waals surface area contributed by atoms with E-state index in [9.17, 15) is 0 Å². The third-order valence-corrected chi connectivity index (χ3v) is 15.2. The maximum Gasteiger partial charge on any atom is 0.177 e. The lowest BCUT2D eigenvalue weighted by atomic mass is 9.87. The van der Waals surface area contributed by atoms with Gasteiger partial charge in [0, 0.05) is 60.5 Å². The minimum atomic E-state index is -0.141. The highest BCUT2D eigenvalue weighted by Gasteiger charge is 2.36. The second-order valence-corrected chi connectivity index (χ2v) is 19.1. The van der Waals surface area contributed by atoms with Gasteiger partial charge in [0.05, 0.1) is 17.1 Å². The average Bonchev–Trinajstić information content (AvgIpc) is 4.18. The third kappa shape index (κ3) is 6.03. The summed E-state index contributed by atoms with van der Waals surface area (Å²) in [5, 5.41) is 7.13. The van der Waals surface area contributed by atoms with Crippen LogP contribution in [-0.2, 0) is 0 Å². The van der Waals surface area contributed by atoms with Crippen LogP contribution in [0.2, 0.25) is 0 Å². The number of hydrogen-bond donors (Lipinski definition) is 0. The molecule has 1 aliphatic heterocycles. The second-order valence-electron chi connectivity index (χ2n) is 19.1. The molecule has 12 aromatic rings. The van der Waals surface area contributed by atoms with Crippen LogP contribution >= 0.6 is 0 Å². The van der Waals surface area contributed by atoms with Crippen LogP contribution in [0.1, 0.15) is 29.5 Å². The van der Waals surface area contributed by atoms with Crippen LogP contribution in [-0.4, -0.2) is 15.2 Å². The quantitative estimate of drug-likeness (QED) is 0.167. The lowest BCUT2D eigenvalue weighted by Crippen LogP contribution is -2.17. The number of benzene rings is 9. The van der Waals surface area contributed by atoms with E-state index in [1.165, 1.54) is 82.6 Å². The van der Waals surface area contributed by atoms with Crippen molar-refractivity contribution in [2.45, 2.75) is 24.5 Å². The molecule has 4 nitrogen and oxygen atoms in total. The van der Waals surface area contributed by atoms with Crippen molar-refractivity contribution in [3.63, 3.8) is 0 Å². The van der Waals surface area contributed by atoms with E-state index in [0.717, 1.165) is 50.9 Å². The first-order valence-corrected chi connectivity index (χ1v) is 24.4. The lowest BCUT2D eigenvalue weighted by molar-refractivity contribution is 0.269. The van der Waals surface area contributed by atoms with Crippen LogP contribution in [0.25, 0.3) is 110 Å². The van der Waals surface area contributed by atoms with Gasteiger partial charge in [0.1, 0.15) is 11.7 Å². The van der Waals surface area contributed by atoms with Crippen LogP contribution in [0.3, 0.4) is 0 Å². The number of hydrogen-bond acceptors (Lipinski definition) is 2. The van der Waals surface area contributed by atoms with Crippen molar-refractivity contribution in [1.82, 2.24) is 9.13 Å². The fraction of sp³-hybridized carbons (Fsp3) is 0.0606. The molecule has 0 amide bonds. The van der Waals surface area contributed by atoms with Gasteiger partial charge in [-0.3, -0.25) is 0 Å². The SMILES string of the molecule is C1=CCC(n2c3ccc(C4=CC5Oc6c(ccc7c6oc6cc(-c8ccc9c(c8)c8cc(-c%10ccccc%10)ccc8n9-c8ccccc8)ccc67)C5C=C4)cc3c3cc(-c4ccccc4)ccc32)C=C1. The monoisotopic (exact) mass is 896 g/mol. The van der Waals surface area contributed by atoms with E-state index >= 15 is 0 Å². The zero-order chi connectivity index (χ0) is 45.9. The average molecular weight is 897 g/mol. The maximum absolute atomic E-state index is 6.95. The highest BCUT2D eigenvalue weighted by Crippen LogP contribution is 2.50. The fourth-order valence-electron chi connectivity index (χ4n) is 11.8. The van der Waals surface area contributed by atoms with Gasteiger partial charge in [-0.05, 0) is 136 Å². The smallest absolute Gasteiger partial charge is 0.177 e. The van der Waals surface area contributed by atoms with Gasteiger partial charge in [-0.1, -0.05) is 152 Å². The van der Waals surface area contributed by atoms with Crippen LogP contribution in [0.5, 0.6) is 5.75 Å².